The van der Waals surface area contributed by atoms with E-state index in [0.717, 1.165) is 37.4 Å². The zero-order valence-electron chi connectivity index (χ0n) is 11.6. The Balaban J connectivity index is 1.70. The number of aliphatic imine (C=N–C) groups is 1. The third kappa shape index (κ3) is 4.71. The van der Waals surface area contributed by atoms with Crippen molar-refractivity contribution >= 4 is 17.7 Å². The number of hydrogen-bond donors (Lipinski definition) is 2. The molecule has 0 aromatic rings. The van der Waals surface area contributed by atoms with Gasteiger partial charge < -0.3 is 10.6 Å². The average molecular weight is 269 g/mol. The van der Waals surface area contributed by atoms with Crippen molar-refractivity contribution in [2.75, 3.05) is 31.1 Å². The Bertz CT molecular complexity index is 258. The van der Waals surface area contributed by atoms with Gasteiger partial charge in [-0.2, -0.15) is 11.8 Å². The van der Waals surface area contributed by atoms with Crippen LogP contribution in [0.5, 0.6) is 0 Å². The molecular formula is C14H27N3S. The van der Waals surface area contributed by atoms with Gasteiger partial charge >= 0.3 is 0 Å². The van der Waals surface area contributed by atoms with Gasteiger partial charge in [0.1, 0.15) is 0 Å². The third-order valence-corrected chi connectivity index (χ3v) is 5.02. The lowest BCUT2D eigenvalue weighted by molar-refractivity contribution is 0.325. The molecule has 1 saturated carbocycles. The molecule has 1 aliphatic heterocycles. The quantitative estimate of drug-likeness (QED) is 0.595. The lowest BCUT2D eigenvalue weighted by Gasteiger charge is -2.25. The van der Waals surface area contributed by atoms with E-state index in [1.54, 1.807) is 0 Å². The zero-order valence-corrected chi connectivity index (χ0v) is 12.4. The van der Waals surface area contributed by atoms with Crippen LogP contribution in [0.15, 0.2) is 4.99 Å². The van der Waals surface area contributed by atoms with Gasteiger partial charge in [-0.05, 0) is 55.9 Å². The molecule has 1 aliphatic carbocycles. The van der Waals surface area contributed by atoms with Gasteiger partial charge in [-0.3, -0.25) is 4.99 Å². The van der Waals surface area contributed by atoms with E-state index in [1.807, 2.05) is 0 Å². The fourth-order valence-electron chi connectivity index (χ4n) is 2.43. The van der Waals surface area contributed by atoms with Gasteiger partial charge in [-0.15, -0.1) is 0 Å². The van der Waals surface area contributed by atoms with E-state index in [-0.39, 0.29) is 0 Å². The molecule has 0 unspecified atom stereocenters. The van der Waals surface area contributed by atoms with Gasteiger partial charge in [-0.25, -0.2) is 0 Å². The van der Waals surface area contributed by atoms with E-state index >= 15 is 0 Å². The number of nitrogens with one attached hydrogen (secondary N) is 2. The topological polar surface area (TPSA) is 36.4 Å². The summed E-state index contributed by atoms with van der Waals surface area (Å²) in [5, 5.41) is 6.88. The molecule has 2 aliphatic rings. The molecule has 3 nitrogen and oxygen atoms in total. The van der Waals surface area contributed by atoms with E-state index in [4.69, 9.17) is 4.99 Å². The predicted octanol–water partition coefficient (Wildman–Crippen LogP) is 2.48. The first-order valence-corrected chi connectivity index (χ1v) is 8.64. The van der Waals surface area contributed by atoms with Gasteiger partial charge in [0.15, 0.2) is 5.96 Å². The van der Waals surface area contributed by atoms with Crippen LogP contribution in [0.2, 0.25) is 0 Å². The molecular weight excluding hydrogens is 242 g/mol. The Morgan fingerprint density at radius 2 is 1.89 bits per heavy atom. The summed E-state index contributed by atoms with van der Waals surface area (Å²) in [5.41, 5.74) is 0. The van der Waals surface area contributed by atoms with E-state index in [9.17, 15) is 0 Å². The van der Waals surface area contributed by atoms with Gasteiger partial charge in [0.2, 0.25) is 0 Å². The second kappa shape index (κ2) is 7.93. The Kier molecular flexibility index (Phi) is 6.18. The smallest absolute Gasteiger partial charge is 0.191 e. The molecule has 2 N–H and O–H groups in total. The predicted molar refractivity (Wildman–Crippen MR) is 81.4 cm³/mol. The molecule has 1 heterocycles. The summed E-state index contributed by atoms with van der Waals surface area (Å²) in [4.78, 5) is 4.71. The molecule has 0 spiro atoms. The summed E-state index contributed by atoms with van der Waals surface area (Å²) in [6, 6.07) is 0. The zero-order chi connectivity index (χ0) is 12.6. The number of thioether (sulfide) groups is 1. The van der Waals surface area contributed by atoms with Crippen molar-refractivity contribution in [2.24, 2.45) is 16.8 Å². The van der Waals surface area contributed by atoms with Crippen molar-refractivity contribution < 1.29 is 0 Å². The lowest BCUT2D eigenvalue weighted by atomic mass is 9.86. The minimum Gasteiger partial charge on any atom is -0.357 e. The maximum absolute atomic E-state index is 4.71. The number of guanidine groups is 1. The molecule has 0 atom stereocenters. The average Bonchev–Trinajstić information content (AvgIpc) is 2.35. The maximum Gasteiger partial charge on any atom is 0.191 e. The highest BCUT2D eigenvalue weighted by atomic mass is 32.2. The summed E-state index contributed by atoms with van der Waals surface area (Å²) in [6.45, 7) is 5.20. The largest absolute Gasteiger partial charge is 0.357 e. The number of rotatable bonds is 5. The highest BCUT2D eigenvalue weighted by Gasteiger charge is 2.17. The van der Waals surface area contributed by atoms with Crippen LogP contribution in [-0.4, -0.2) is 37.1 Å². The molecule has 1 saturated heterocycles. The Morgan fingerprint density at radius 3 is 2.50 bits per heavy atom. The Hall–Kier alpha value is -0.380. The SMILES string of the molecule is CCNC(=NCC1CCC1)NCC1CCSCC1. The highest BCUT2D eigenvalue weighted by molar-refractivity contribution is 7.99. The third-order valence-electron chi connectivity index (χ3n) is 3.98. The minimum atomic E-state index is 0.846. The monoisotopic (exact) mass is 269 g/mol. The van der Waals surface area contributed by atoms with Gasteiger partial charge in [-0.1, -0.05) is 6.42 Å². The molecule has 0 aromatic carbocycles. The minimum absolute atomic E-state index is 0.846. The summed E-state index contributed by atoms with van der Waals surface area (Å²) in [6.07, 6.45) is 6.88. The molecule has 0 amide bonds. The van der Waals surface area contributed by atoms with E-state index in [0.29, 0.717) is 0 Å². The van der Waals surface area contributed by atoms with E-state index < -0.39 is 0 Å². The van der Waals surface area contributed by atoms with E-state index in [2.05, 4.69) is 29.3 Å². The van der Waals surface area contributed by atoms with Crippen molar-refractivity contribution in [1.29, 1.82) is 0 Å². The maximum atomic E-state index is 4.71. The van der Waals surface area contributed by atoms with Crippen LogP contribution in [-0.2, 0) is 0 Å². The molecule has 4 heteroatoms. The number of hydrogen-bond acceptors (Lipinski definition) is 2. The molecule has 18 heavy (non-hydrogen) atoms. The molecule has 2 rings (SSSR count). The second-order valence-corrected chi connectivity index (χ2v) is 6.68. The molecule has 0 radical (unpaired) electrons. The van der Waals surface area contributed by atoms with Crippen molar-refractivity contribution in [3.8, 4) is 0 Å². The van der Waals surface area contributed by atoms with Crippen LogP contribution in [0, 0.1) is 11.8 Å². The Labute approximate surface area is 116 Å². The van der Waals surface area contributed by atoms with Crippen LogP contribution in [0.1, 0.15) is 39.0 Å². The molecule has 104 valence electrons. The fourth-order valence-corrected chi connectivity index (χ4v) is 3.63. The van der Waals surface area contributed by atoms with Crippen molar-refractivity contribution in [3.63, 3.8) is 0 Å². The second-order valence-electron chi connectivity index (χ2n) is 5.45. The molecule has 0 aromatic heterocycles. The Morgan fingerprint density at radius 1 is 1.11 bits per heavy atom. The van der Waals surface area contributed by atoms with Crippen LogP contribution in [0.25, 0.3) is 0 Å². The first-order chi connectivity index (χ1) is 8.88. The molecule has 0 bridgehead atoms. The van der Waals surface area contributed by atoms with Crippen LogP contribution < -0.4 is 10.6 Å². The summed E-state index contributed by atoms with van der Waals surface area (Å²) in [7, 11) is 0. The van der Waals surface area contributed by atoms with Crippen LogP contribution >= 0.6 is 11.8 Å². The van der Waals surface area contributed by atoms with Crippen LogP contribution in [0.3, 0.4) is 0 Å². The van der Waals surface area contributed by atoms with E-state index in [1.165, 1.54) is 43.6 Å². The first-order valence-electron chi connectivity index (χ1n) is 7.48. The van der Waals surface area contributed by atoms with Gasteiger partial charge in [0, 0.05) is 19.6 Å². The van der Waals surface area contributed by atoms with Gasteiger partial charge in [0.25, 0.3) is 0 Å². The van der Waals surface area contributed by atoms with Gasteiger partial charge in [0.05, 0.1) is 0 Å². The number of nitrogens with zero attached hydrogens (tertiary/aromatic N) is 1. The standard InChI is InChI=1S/C14H27N3S/c1-2-15-14(16-10-12-4-3-5-12)17-11-13-6-8-18-9-7-13/h12-13H,2-11H2,1H3,(H2,15,16,17). The first kappa shape index (κ1) is 14.0. The molecule has 2 fully saturated rings. The highest BCUT2D eigenvalue weighted by Crippen LogP contribution is 2.26. The summed E-state index contributed by atoms with van der Waals surface area (Å²) < 4.78 is 0. The van der Waals surface area contributed by atoms with Crippen molar-refractivity contribution in [2.45, 2.75) is 39.0 Å². The lowest BCUT2D eigenvalue weighted by Crippen LogP contribution is -2.40. The van der Waals surface area contributed by atoms with Crippen molar-refractivity contribution in [1.82, 2.24) is 10.6 Å². The summed E-state index contributed by atoms with van der Waals surface area (Å²) in [5.74, 6) is 5.40. The van der Waals surface area contributed by atoms with Crippen LogP contribution in [0.4, 0.5) is 0 Å². The summed E-state index contributed by atoms with van der Waals surface area (Å²) >= 11 is 2.09. The van der Waals surface area contributed by atoms with Crippen molar-refractivity contribution in [3.05, 3.63) is 0 Å². The fraction of sp³-hybridized carbons (Fsp3) is 0.929. The normalized spacial score (nSPS) is 22.6.